The van der Waals surface area contributed by atoms with Gasteiger partial charge in [-0.25, -0.2) is 4.79 Å². The highest BCUT2D eigenvalue weighted by Crippen LogP contribution is 2.41. The molecule has 1 unspecified atom stereocenters. The number of phenols is 1. The van der Waals surface area contributed by atoms with Crippen LogP contribution >= 0.6 is 24.0 Å². The van der Waals surface area contributed by atoms with Gasteiger partial charge in [-0.05, 0) is 41.0 Å². The molecule has 1 fully saturated rings. The summed E-state index contributed by atoms with van der Waals surface area (Å²) in [6, 6.07) is 2.28. The molecule has 174 valence electrons. The average molecular weight is 480 g/mol. The lowest BCUT2D eigenvalue weighted by Gasteiger charge is -2.28. The molecular weight excluding hydrogens is 450 g/mol. The Bertz CT molecular complexity index is 966. The molecule has 9 heteroatoms. The molecule has 1 aromatic carbocycles. The summed E-state index contributed by atoms with van der Waals surface area (Å²) in [6.07, 6.45) is 1.00. The lowest BCUT2D eigenvalue weighted by Crippen LogP contribution is -2.44. The topological polar surface area (TPSA) is 115 Å². The van der Waals surface area contributed by atoms with Crippen molar-refractivity contribution in [3.8, 4) is 5.75 Å². The highest BCUT2D eigenvalue weighted by molar-refractivity contribution is 8.26. The number of aromatic hydroxyl groups is 1. The second-order valence-electron chi connectivity index (χ2n) is 9.80. The summed E-state index contributed by atoms with van der Waals surface area (Å²) >= 11 is 6.24. The van der Waals surface area contributed by atoms with E-state index in [1.165, 1.54) is 0 Å². The van der Waals surface area contributed by atoms with E-state index < -0.39 is 30.3 Å². The molecule has 1 aliphatic rings. The molecule has 0 aromatic heterocycles. The Hall–Kier alpha value is -2.39. The number of nitrogens with zero attached hydrogens (tertiary/aromatic N) is 1. The quantitative estimate of drug-likeness (QED) is 0.403. The van der Waals surface area contributed by atoms with Crippen molar-refractivity contribution in [3.63, 3.8) is 0 Å². The lowest BCUT2D eigenvalue weighted by molar-refractivity contribution is -0.146. The first kappa shape index (κ1) is 25.9. The number of carbonyl (C=O) groups is 3. The maximum absolute atomic E-state index is 13.0. The van der Waals surface area contributed by atoms with Crippen molar-refractivity contribution >= 4 is 52.2 Å². The highest BCUT2D eigenvalue weighted by atomic mass is 32.2. The van der Waals surface area contributed by atoms with Gasteiger partial charge in [0.05, 0.1) is 4.91 Å². The Balaban J connectivity index is 2.53. The zero-order valence-electron chi connectivity index (χ0n) is 19.1. The summed E-state index contributed by atoms with van der Waals surface area (Å²) in [6.45, 7) is 11.9. The highest BCUT2D eigenvalue weighted by Gasteiger charge is 2.40. The van der Waals surface area contributed by atoms with Gasteiger partial charge in [-0.1, -0.05) is 65.5 Å². The predicted molar refractivity (Wildman–Crippen MR) is 129 cm³/mol. The smallest absolute Gasteiger partial charge is 0.326 e. The Morgan fingerprint density at radius 2 is 1.59 bits per heavy atom. The van der Waals surface area contributed by atoms with Crippen molar-refractivity contribution in [2.45, 2.75) is 71.3 Å². The van der Waals surface area contributed by atoms with Gasteiger partial charge in [0.2, 0.25) is 0 Å². The maximum atomic E-state index is 13.0. The SMILES string of the molecule is CC(C)(C)c1cc(C=C2SC(=S)N(C(CCC(=O)O)C(=O)O)C2=O)cc(C(C)(C)C)c1O. The summed E-state index contributed by atoms with van der Waals surface area (Å²) < 4.78 is 0.0740. The van der Waals surface area contributed by atoms with E-state index in [1.807, 2.05) is 53.7 Å². The zero-order chi connectivity index (χ0) is 24.6. The standard InChI is InChI=1S/C23H29NO6S2/c1-22(2,3)13-9-12(10-14(18(13)27)23(4,5)6)11-16-19(28)24(21(31)32-16)15(20(29)30)7-8-17(25)26/h9-11,15,27H,7-8H2,1-6H3,(H,25,26)(H,29,30). The van der Waals surface area contributed by atoms with Crippen LogP contribution in [0.4, 0.5) is 0 Å². The van der Waals surface area contributed by atoms with Gasteiger partial charge in [0, 0.05) is 17.5 Å². The van der Waals surface area contributed by atoms with Crippen molar-refractivity contribution in [3.05, 3.63) is 33.7 Å². The molecule has 32 heavy (non-hydrogen) atoms. The number of rotatable bonds is 6. The first-order valence-corrected chi connectivity index (χ1v) is 11.4. The van der Waals surface area contributed by atoms with Crippen LogP contribution in [0.25, 0.3) is 6.08 Å². The van der Waals surface area contributed by atoms with Crippen LogP contribution in [0.2, 0.25) is 0 Å². The number of carbonyl (C=O) groups excluding carboxylic acids is 1. The van der Waals surface area contributed by atoms with E-state index in [4.69, 9.17) is 17.3 Å². The van der Waals surface area contributed by atoms with E-state index in [0.29, 0.717) is 5.56 Å². The van der Waals surface area contributed by atoms with Gasteiger partial charge in [-0.3, -0.25) is 14.5 Å². The largest absolute Gasteiger partial charge is 0.507 e. The number of aliphatic carboxylic acids is 2. The summed E-state index contributed by atoms with van der Waals surface area (Å²) in [5.74, 6) is -2.81. The molecule has 0 radical (unpaired) electrons. The number of thioether (sulfide) groups is 1. The monoisotopic (exact) mass is 479 g/mol. The van der Waals surface area contributed by atoms with E-state index in [9.17, 15) is 24.6 Å². The minimum atomic E-state index is -1.35. The van der Waals surface area contributed by atoms with Crippen molar-refractivity contribution in [1.29, 1.82) is 0 Å². The van der Waals surface area contributed by atoms with Crippen LogP contribution in [0, 0.1) is 0 Å². The Kier molecular flexibility index (Phi) is 7.46. The molecule has 0 bridgehead atoms. The number of hydrogen-bond acceptors (Lipinski definition) is 6. The molecule has 1 amide bonds. The minimum Gasteiger partial charge on any atom is -0.507 e. The Labute approximate surface area is 197 Å². The average Bonchev–Trinajstić information content (AvgIpc) is 2.88. The summed E-state index contributed by atoms with van der Waals surface area (Å²) in [5.41, 5.74) is 1.46. The second kappa shape index (κ2) is 9.23. The fourth-order valence-corrected chi connectivity index (χ4v) is 4.76. The van der Waals surface area contributed by atoms with E-state index in [1.54, 1.807) is 6.08 Å². The number of phenolic OH excluding ortho intramolecular Hbond substituents is 1. The number of carboxylic acids is 2. The molecule has 7 nitrogen and oxygen atoms in total. The van der Waals surface area contributed by atoms with Gasteiger partial charge < -0.3 is 15.3 Å². The molecule has 0 spiro atoms. The summed E-state index contributed by atoms with van der Waals surface area (Å²) in [5, 5.41) is 29.3. The number of carboxylic acid groups (broad SMARTS) is 2. The van der Waals surface area contributed by atoms with Crippen LogP contribution in [-0.2, 0) is 25.2 Å². The van der Waals surface area contributed by atoms with Gasteiger partial charge >= 0.3 is 11.9 Å². The lowest BCUT2D eigenvalue weighted by atomic mass is 9.78. The third kappa shape index (κ3) is 5.69. The molecule has 1 saturated heterocycles. The van der Waals surface area contributed by atoms with E-state index in [2.05, 4.69) is 0 Å². The summed E-state index contributed by atoms with van der Waals surface area (Å²) in [7, 11) is 0. The van der Waals surface area contributed by atoms with Crippen LogP contribution in [0.15, 0.2) is 17.0 Å². The minimum absolute atomic E-state index is 0.0740. The molecule has 0 saturated carbocycles. The van der Waals surface area contributed by atoms with Crippen LogP contribution in [0.5, 0.6) is 5.75 Å². The molecule has 1 atom stereocenters. The molecule has 1 heterocycles. The predicted octanol–water partition coefficient (Wildman–Crippen LogP) is 4.51. The summed E-state index contributed by atoms with van der Waals surface area (Å²) in [4.78, 5) is 36.9. The fourth-order valence-electron chi connectivity index (χ4n) is 3.41. The third-order valence-electron chi connectivity index (χ3n) is 5.10. The van der Waals surface area contributed by atoms with Gasteiger partial charge in [0.15, 0.2) is 0 Å². The molecule has 0 aliphatic carbocycles. The first-order valence-electron chi connectivity index (χ1n) is 10.1. The van der Waals surface area contributed by atoms with Crippen molar-refractivity contribution < 1.29 is 29.7 Å². The van der Waals surface area contributed by atoms with Crippen LogP contribution < -0.4 is 0 Å². The molecular formula is C23H29NO6S2. The Morgan fingerprint density at radius 3 is 2.00 bits per heavy atom. The number of thiocarbonyl (C=S) groups is 1. The normalized spacial score (nSPS) is 17.2. The van der Waals surface area contributed by atoms with Gasteiger partial charge in [0.25, 0.3) is 5.91 Å². The fraction of sp³-hybridized carbons (Fsp3) is 0.478. The van der Waals surface area contributed by atoms with Crippen LogP contribution in [0.1, 0.15) is 71.1 Å². The maximum Gasteiger partial charge on any atom is 0.326 e. The van der Waals surface area contributed by atoms with Crippen LogP contribution in [-0.4, -0.2) is 48.4 Å². The van der Waals surface area contributed by atoms with Gasteiger partial charge in [-0.15, -0.1) is 0 Å². The van der Waals surface area contributed by atoms with E-state index in [-0.39, 0.29) is 32.2 Å². The molecule has 1 aliphatic heterocycles. The van der Waals surface area contributed by atoms with Crippen molar-refractivity contribution in [2.75, 3.05) is 0 Å². The molecule has 3 N–H and O–H groups in total. The number of amides is 1. The number of benzene rings is 1. The third-order valence-corrected chi connectivity index (χ3v) is 6.43. The first-order chi connectivity index (χ1) is 14.5. The van der Waals surface area contributed by atoms with Crippen molar-refractivity contribution in [2.24, 2.45) is 0 Å². The zero-order valence-corrected chi connectivity index (χ0v) is 20.7. The number of hydrogen-bond donors (Lipinski definition) is 3. The molecule has 1 aromatic rings. The van der Waals surface area contributed by atoms with Gasteiger partial charge in [-0.2, -0.15) is 0 Å². The van der Waals surface area contributed by atoms with E-state index in [0.717, 1.165) is 27.8 Å². The van der Waals surface area contributed by atoms with Crippen LogP contribution in [0.3, 0.4) is 0 Å². The van der Waals surface area contributed by atoms with Crippen molar-refractivity contribution in [1.82, 2.24) is 4.90 Å². The van der Waals surface area contributed by atoms with E-state index >= 15 is 0 Å². The van der Waals surface area contributed by atoms with Gasteiger partial charge in [0.1, 0.15) is 16.1 Å². The molecule has 2 rings (SSSR count). The Morgan fingerprint density at radius 1 is 1.09 bits per heavy atom. The second-order valence-corrected chi connectivity index (χ2v) is 11.5.